The maximum absolute atomic E-state index is 5.93. The van der Waals surface area contributed by atoms with Crippen molar-refractivity contribution in [2.24, 2.45) is 0 Å². The molecule has 2 unspecified atom stereocenters. The summed E-state index contributed by atoms with van der Waals surface area (Å²) in [5.41, 5.74) is 6.84. The van der Waals surface area contributed by atoms with E-state index in [0.29, 0.717) is 29.9 Å². The number of ether oxygens (including phenoxy) is 1. The molecule has 0 saturated carbocycles. The van der Waals surface area contributed by atoms with Gasteiger partial charge in [0.25, 0.3) is 0 Å². The van der Waals surface area contributed by atoms with Crippen LogP contribution in [-0.2, 0) is 6.42 Å². The first-order chi connectivity index (χ1) is 21.3. The van der Waals surface area contributed by atoms with Crippen LogP contribution in [0.3, 0.4) is 0 Å². The molecular formula is C32H40BrN9OS. The average Bonchev–Trinajstić information content (AvgIpc) is 3.05. The Morgan fingerprint density at radius 2 is 1.86 bits per heavy atom. The Morgan fingerprint density at radius 3 is 2.57 bits per heavy atom. The molecule has 12 heteroatoms. The van der Waals surface area contributed by atoms with Gasteiger partial charge in [-0.05, 0) is 72.8 Å². The van der Waals surface area contributed by atoms with Crippen molar-refractivity contribution in [3.8, 4) is 5.75 Å². The Labute approximate surface area is 272 Å². The number of halogens is 1. The van der Waals surface area contributed by atoms with Gasteiger partial charge < -0.3 is 24.6 Å². The van der Waals surface area contributed by atoms with Gasteiger partial charge in [0.15, 0.2) is 0 Å². The van der Waals surface area contributed by atoms with Crippen molar-refractivity contribution in [2.45, 2.75) is 58.2 Å². The largest absolute Gasteiger partial charge is 0.494 e. The second-order valence-electron chi connectivity index (χ2n) is 11.6. The van der Waals surface area contributed by atoms with Crippen LogP contribution in [0.2, 0.25) is 0 Å². The van der Waals surface area contributed by atoms with Crippen LogP contribution >= 0.6 is 27.9 Å². The fourth-order valence-electron chi connectivity index (χ4n) is 6.52. The summed E-state index contributed by atoms with van der Waals surface area (Å²) >= 11 is 5.24. The van der Waals surface area contributed by atoms with Crippen molar-refractivity contribution in [3.05, 3.63) is 52.9 Å². The molecule has 0 aliphatic carbocycles. The number of piperazine rings is 1. The molecule has 2 atom stereocenters. The van der Waals surface area contributed by atoms with Gasteiger partial charge in [0.2, 0.25) is 5.95 Å². The highest BCUT2D eigenvalue weighted by Crippen LogP contribution is 2.41. The van der Waals surface area contributed by atoms with Crippen LogP contribution < -0.4 is 24.6 Å². The van der Waals surface area contributed by atoms with Crippen molar-refractivity contribution >= 4 is 73.4 Å². The van der Waals surface area contributed by atoms with Crippen molar-refractivity contribution in [2.75, 3.05) is 53.3 Å². The minimum atomic E-state index is 0.466. The number of aryl methyl sites for hydroxylation is 1. The average molecular weight is 679 g/mol. The van der Waals surface area contributed by atoms with Crippen LogP contribution in [0.15, 0.2) is 47.3 Å². The van der Waals surface area contributed by atoms with Gasteiger partial charge in [-0.15, -0.1) is 0 Å². The Bertz CT molecular complexity index is 1650. The molecule has 0 spiro atoms. The standard InChI is InChI=1S/C32H40BrN9OS/c1-7-20-14-26(28(43-5)15-27(20)42-18-21-8-9-22(42)17-41(21)19(2)3)38-32-36-16-23(33)31(39-32)37-25-11-10-24-29(35-13-12-34-24)30(25)40(4)44-6/h10-16,19,21-22H,7-9,17-18H2,1-6H3,(H2,36,37,38,39). The monoisotopic (exact) mass is 677 g/mol. The van der Waals surface area contributed by atoms with Gasteiger partial charge >= 0.3 is 0 Å². The Hall–Kier alpha value is -3.35. The summed E-state index contributed by atoms with van der Waals surface area (Å²) in [6, 6.07) is 10.1. The Morgan fingerprint density at radius 1 is 1.07 bits per heavy atom. The third-order valence-electron chi connectivity index (χ3n) is 8.77. The van der Waals surface area contributed by atoms with E-state index in [0.717, 1.165) is 57.8 Å². The normalized spacial score (nSPS) is 18.2. The Kier molecular flexibility index (Phi) is 9.02. The van der Waals surface area contributed by atoms with Crippen LogP contribution in [0, 0.1) is 0 Å². The number of nitrogens with zero attached hydrogens (tertiary/aromatic N) is 7. The molecule has 0 amide bonds. The van der Waals surface area contributed by atoms with Crippen LogP contribution in [0.4, 0.5) is 34.5 Å². The lowest BCUT2D eigenvalue weighted by Crippen LogP contribution is -2.64. The fraction of sp³-hybridized carbons (Fsp3) is 0.438. The van der Waals surface area contributed by atoms with Crippen molar-refractivity contribution in [1.29, 1.82) is 0 Å². The number of hydrogen-bond acceptors (Lipinski definition) is 11. The molecule has 5 heterocycles. The number of rotatable bonds is 10. The third-order valence-corrected chi connectivity index (χ3v) is 10.1. The van der Waals surface area contributed by atoms with Gasteiger partial charge in [0.1, 0.15) is 17.1 Å². The number of hydrogen-bond donors (Lipinski definition) is 2. The summed E-state index contributed by atoms with van der Waals surface area (Å²) in [5.74, 6) is 1.87. The van der Waals surface area contributed by atoms with Gasteiger partial charge in [0.05, 0.1) is 34.2 Å². The maximum Gasteiger partial charge on any atom is 0.229 e. The van der Waals surface area contributed by atoms with Gasteiger partial charge in [-0.25, -0.2) is 4.98 Å². The van der Waals surface area contributed by atoms with E-state index in [2.05, 4.69) is 88.5 Å². The molecule has 3 aliphatic heterocycles. The molecule has 2 bridgehead atoms. The lowest BCUT2D eigenvalue weighted by Gasteiger charge is -2.54. The first-order valence-corrected chi connectivity index (χ1v) is 17.1. The van der Waals surface area contributed by atoms with E-state index >= 15 is 0 Å². The summed E-state index contributed by atoms with van der Waals surface area (Å²) in [6.45, 7) is 9.02. The predicted octanol–water partition coefficient (Wildman–Crippen LogP) is 7.02. The molecule has 4 aromatic rings. The van der Waals surface area contributed by atoms with Gasteiger partial charge in [-0.3, -0.25) is 14.9 Å². The lowest BCUT2D eigenvalue weighted by atomic mass is 9.88. The molecule has 7 rings (SSSR count). The number of fused-ring (bicyclic) bond motifs is 4. The molecule has 0 radical (unpaired) electrons. The SMILES string of the molecule is CCc1cc(Nc2ncc(Br)c(Nc3ccc4nccnc4c3N(C)SC)n2)c(OC)cc1N1CC2CCC1CN2C(C)C. The van der Waals surface area contributed by atoms with Crippen molar-refractivity contribution in [1.82, 2.24) is 24.8 Å². The summed E-state index contributed by atoms with van der Waals surface area (Å²) in [4.78, 5) is 23.8. The zero-order chi connectivity index (χ0) is 31.0. The van der Waals surface area contributed by atoms with Crippen LogP contribution in [0.25, 0.3) is 11.0 Å². The minimum Gasteiger partial charge on any atom is -0.494 e. The number of methoxy groups -OCH3 is 1. The molecule has 44 heavy (non-hydrogen) atoms. The number of aromatic nitrogens is 4. The molecule has 3 saturated heterocycles. The van der Waals surface area contributed by atoms with E-state index in [9.17, 15) is 0 Å². The second kappa shape index (κ2) is 12.9. The molecule has 3 fully saturated rings. The zero-order valence-corrected chi connectivity index (χ0v) is 28.5. The summed E-state index contributed by atoms with van der Waals surface area (Å²) in [7, 11) is 3.73. The first kappa shape index (κ1) is 30.7. The quantitative estimate of drug-likeness (QED) is 0.170. The van der Waals surface area contributed by atoms with Gasteiger partial charge in [-0.2, -0.15) is 4.98 Å². The van der Waals surface area contributed by atoms with Gasteiger partial charge in [-0.1, -0.05) is 18.9 Å². The summed E-state index contributed by atoms with van der Waals surface area (Å²) in [6.07, 6.45) is 10.6. The topological polar surface area (TPSA) is 94.6 Å². The molecule has 2 aromatic heterocycles. The molecular weight excluding hydrogens is 638 g/mol. The predicted molar refractivity (Wildman–Crippen MR) is 186 cm³/mol. The molecule has 2 aromatic carbocycles. The third kappa shape index (κ3) is 5.87. The van der Waals surface area contributed by atoms with E-state index in [1.807, 2.05) is 25.4 Å². The van der Waals surface area contributed by atoms with Crippen molar-refractivity contribution in [3.63, 3.8) is 0 Å². The maximum atomic E-state index is 5.93. The first-order valence-electron chi connectivity index (χ1n) is 15.1. The van der Waals surface area contributed by atoms with E-state index in [1.54, 1.807) is 37.6 Å². The number of anilines is 6. The van der Waals surface area contributed by atoms with E-state index < -0.39 is 0 Å². The molecule has 2 N–H and O–H groups in total. The number of nitrogens with one attached hydrogen (secondary N) is 2. The number of benzene rings is 2. The second-order valence-corrected chi connectivity index (χ2v) is 13.3. The highest BCUT2D eigenvalue weighted by Gasteiger charge is 2.40. The van der Waals surface area contributed by atoms with Crippen LogP contribution in [-0.4, -0.2) is 76.5 Å². The van der Waals surface area contributed by atoms with Crippen LogP contribution in [0.5, 0.6) is 5.75 Å². The van der Waals surface area contributed by atoms with Crippen molar-refractivity contribution < 1.29 is 4.74 Å². The highest BCUT2D eigenvalue weighted by molar-refractivity contribution is 9.10. The van der Waals surface area contributed by atoms with E-state index in [4.69, 9.17) is 9.72 Å². The van der Waals surface area contributed by atoms with E-state index in [1.165, 1.54) is 24.1 Å². The molecule has 3 aliphatic rings. The van der Waals surface area contributed by atoms with Crippen LogP contribution in [0.1, 0.15) is 39.2 Å². The van der Waals surface area contributed by atoms with E-state index in [-0.39, 0.29) is 0 Å². The highest BCUT2D eigenvalue weighted by atomic mass is 79.9. The summed E-state index contributed by atoms with van der Waals surface area (Å²) in [5, 5.41) is 6.95. The van der Waals surface area contributed by atoms with Gasteiger partial charge in [0, 0.05) is 74.9 Å². The molecule has 10 nitrogen and oxygen atoms in total. The fourth-order valence-corrected chi connectivity index (χ4v) is 7.17. The summed E-state index contributed by atoms with van der Waals surface area (Å²) < 4.78 is 8.75. The minimum absolute atomic E-state index is 0.466. The molecule has 232 valence electrons. The Balaban J connectivity index is 1.29. The lowest BCUT2D eigenvalue weighted by molar-refractivity contribution is 0.0672. The zero-order valence-electron chi connectivity index (χ0n) is 26.1. The number of piperidine rings is 2. The smallest absolute Gasteiger partial charge is 0.229 e.